The molecule has 5 heteroatoms. The van der Waals surface area contributed by atoms with Crippen molar-refractivity contribution < 1.29 is 4.79 Å². The van der Waals surface area contributed by atoms with Gasteiger partial charge in [0, 0.05) is 24.7 Å². The van der Waals surface area contributed by atoms with Crippen LogP contribution in [0.1, 0.15) is 16.8 Å². The summed E-state index contributed by atoms with van der Waals surface area (Å²) in [5.74, 6) is -0.479. The van der Waals surface area contributed by atoms with E-state index in [4.69, 9.17) is 17.3 Å². The molecule has 4 nitrogen and oxygen atoms in total. The number of halogens is 1. The third kappa shape index (κ3) is 1.78. The summed E-state index contributed by atoms with van der Waals surface area (Å²) in [6, 6.07) is 5.52. The minimum absolute atomic E-state index is 0.398. The van der Waals surface area contributed by atoms with Gasteiger partial charge in [0.1, 0.15) is 0 Å². The topological polar surface area (TPSA) is 59.2 Å². The predicted molar refractivity (Wildman–Crippen MR) is 72.1 cm³/mol. The number of benzene rings is 1. The number of nitrogens with two attached hydrogens (primary N) is 1. The van der Waals surface area contributed by atoms with E-state index < -0.39 is 5.91 Å². The van der Waals surface area contributed by atoms with E-state index in [-0.39, 0.29) is 0 Å². The van der Waals surface area contributed by atoms with Crippen molar-refractivity contribution in [3.8, 4) is 0 Å². The van der Waals surface area contributed by atoms with E-state index in [0.717, 1.165) is 29.7 Å². The molecule has 0 radical (unpaired) electrons. The van der Waals surface area contributed by atoms with Crippen LogP contribution in [0, 0.1) is 0 Å². The minimum atomic E-state index is -0.479. The van der Waals surface area contributed by atoms with Gasteiger partial charge in [0.25, 0.3) is 0 Å². The summed E-state index contributed by atoms with van der Waals surface area (Å²) in [7, 11) is 0. The summed E-state index contributed by atoms with van der Waals surface area (Å²) in [4.78, 5) is 17.6. The van der Waals surface area contributed by atoms with E-state index in [0.29, 0.717) is 10.6 Å². The van der Waals surface area contributed by atoms with Gasteiger partial charge >= 0.3 is 0 Å². The minimum Gasteiger partial charge on any atom is -0.370 e. The van der Waals surface area contributed by atoms with Gasteiger partial charge in [-0.15, -0.1) is 0 Å². The first kappa shape index (κ1) is 11.3. The maximum atomic E-state index is 11.1. The van der Waals surface area contributed by atoms with Crippen molar-refractivity contribution in [2.24, 2.45) is 5.73 Å². The van der Waals surface area contributed by atoms with Crippen molar-refractivity contribution >= 4 is 34.1 Å². The Kier molecular flexibility index (Phi) is 2.59. The Hall–Kier alpha value is -1.81. The molecule has 1 amide bonds. The van der Waals surface area contributed by atoms with Gasteiger partial charge < -0.3 is 10.6 Å². The lowest BCUT2D eigenvalue weighted by atomic mass is 10.1. The Morgan fingerprint density at radius 2 is 2.11 bits per heavy atom. The van der Waals surface area contributed by atoms with Crippen LogP contribution in [0.5, 0.6) is 0 Å². The van der Waals surface area contributed by atoms with Crippen LogP contribution < -0.4 is 10.6 Å². The number of carbonyl (C=O) groups excluding carboxylic acids is 1. The van der Waals surface area contributed by atoms with Crippen molar-refractivity contribution in [2.75, 3.05) is 18.0 Å². The van der Waals surface area contributed by atoms with Gasteiger partial charge in [-0.2, -0.15) is 0 Å². The number of rotatable bonds is 2. The molecule has 2 heterocycles. The maximum Gasteiger partial charge on any atom is 0.250 e. The molecular formula is C13H12ClN3O. The Morgan fingerprint density at radius 1 is 1.33 bits per heavy atom. The smallest absolute Gasteiger partial charge is 0.250 e. The van der Waals surface area contributed by atoms with Gasteiger partial charge in [0.05, 0.1) is 21.8 Å². The average molecular weight is 262 g/mol. The van der Waals surface area contributed by atoms with Crippen molar-refractivity contribution in [1.29, 1.82) is 0 Å². The van der Waals surface area contributed by atoms with E-state index in [1.165, 1.54) is 12.6 Å². The molecule has 0 atom stereocenters. The SMILES string of the molecule is NC(=O)c1cnc2cc(N3CCC3)c(Cl)cc2c1. The molecule has 1 saturated heterocycles. The Bertz CT molecular complexity index is 637. The highest BCUT2D eigenvalue weighted by molar-refractivity contribution is 6.34. The number of hydrogen-bond donors (Lipinski definition) is 1. The van der Waals surface area contributed by atoms with Crippen molar-refractivity contribution in [3.05, 3.63) is 35.0 Å². The normalized spacial score (nSPS) is 14.6. The van der Waals surface area contributed by atoms with Crippen LogP contribution in [0.2, 0.25) is 5.02 Å². The van der Waals surface area contributed by atoms with Crippen LogP contribution in [-0.4, -0.2) is 24.0 Å². The molecule has 0 spiro atoms. The van der Waals surface area contributed by atoms with Crippen LogP contribution >= 0.6 is 11.6 Å². The first-order chi connectivity index (χ1) is 8.65. The molecule has 1 aromatic carbocycles. The van der Waals surface area contributed by atoms with Crippen LogP contribution in [-0.2, 0) is 0 Å². The fourth-order valence-electron chi connectivity index (χ4n) is 2.07. The fraction of sp³-hybridized carbons (Fsp3) is 0.231. The molecule has 3 rings (SSSR count). The molecule has 1 aromatic heterocycles. The molecule has 1 aliphatic rings. The number of anilines is 1. The molecule has 2 aromatic rings. The Labute approximate surface area is 109 Å². The van der Waals surface area contributed by atoms with Crippen LogP contribution in [0.3, 0.4) is 0 Å². The van der Waals surface area contributed by atoms with Gasteiger partial charge in [0.15, 0.2) is 0 Å². The molecule has 0 aliphatic carbocycles. The number of primary amides is 1. The van der Waals surface area contributed by atoms with Crippen molar-refractivity contribution in [3.63, 3.8) is 0 Å². The Balaban J connectivity index is 2.13. The number of fused-ring (bicyclic) bond motifs is 1. The Morgan fingerprint density at radius 3 is 2.72 bits per heavy atom. The summed E-state index contributed by atoms with van der Waals surface area (Å²) >= 11 is 6.26. The van der Waals surface area contributed by atoms with Crippen LogP contribution in [0.15, 0.2) is 24.4 Å². The summed E-state index contributed by atoms with van der Waals surface area (Å²) in [6.45, 7) is 2.06. The lowest BCUT2D eigenvalue weighted by Crippen LogP contribution is -2.37. The molecule has 1 aliphatic heterocycles. The van der Waals surface area contributed by atoms with Crippen LogP contribution in [0.25, 0.3) is 10.9 Å². The highest BCUT2D eigenvalue weighted by atomic mass is 35.5. The molecule has 1 fully saturated rings. The van der Waals surface area contributed by atoms with Crippen molar-refractivity contribution in [2.45, 2.75) is 6.42 Å². The zero-order valence-electron chi connectivity index (χ0n) is 9.69. The van der Waals surface area contributed by atoms with Gasteiger partial charge in [-0.25, -0.2) is 0 Å². The van der Waals surface area contributed by atoms with E-state index in [2.05, 4.69) is 9.88 Å². The first-order valence-corrected chi connectivity index (χ1v) is 6.17. The lowest BCUT2D eigenvalue weighted by Gasteiger charge is -2.33. The summed E-state index contributed by atoms with van der Waals surface area (Å²) in [5.41, 5.74) is 7.46. The third-order valence-corrected chi connectivity index (χ3v) is 3.53. The van der Waals surface area contributed by atoms with Gasteiger partial charge in [0.2, 0.25) is 5.91 Å². The summed E-state index contributed by atoms with van der Waals surface area (Å²) in [6.07, 6.45) is 2.70. The second-order valence-electron chi connectivity index (χ2n) is 4.43. The number of carbonyl (C=O) groups is 1. The van der Waals surface area contributed by atoms with Crippen LogP contribution in [0.4, 0.5) is 5.69 Å². The molecule has 0 saturated carbocycles. The highest BCUT2D eigenvalue weighted by Crippen LogP contribution is 2.32. The quantitative estimate of drug-likeness (QED) is 0.902. The molecule has 0 bridgehead atoms. The summed E-state index contributed by atoms with van der Waals surface area (Å²) in [5, 5.41) is 1.52. The standard InChI is InChI=1S/C13H12ClN3O/c14-10-5-8-4-9(13(15)18)7-16-11(8)6-12(10)17-2-1-3-17/h4-7H,1-3H2,(H2,15,18). The lowest BCUT2D eigenvalue weighted by molar-refractivity contribution is 0.1000. The summed E-state index contributed by atoms with van der Waals surface area (Å²) < 4.78 is 0. The molecule has 18 heavy (non-hydrogen) atoms. The van der Waals surface area contributed by atoms with E-state index in [1.54, 1.807) is 6.07 Å². The molecule has 92 valence electrons. The van der Waals surface area contributed by atoms with Gasteiger partial charge in [-0.3, -0.25) is 9.78 Å². The number of pyridine rings is 1. The predicted octanol–water partition coefficient (Wildman–Crippen LogP) is 2.20. The fourth-order valence-corrected chi connectivity index (χ4v) is 2.36. The monoisotopic (exact) mass is 261 g/mol. The van der Waals surface area contributed by atoms with E-state index in [9.17, 15) is 4.79 Å². The molecule has 0 unspecified atom stereocenters. The zero-order valence-corrected chi connectivity index (χ0v) is 10.4. The number of hydrogen-bond acceptors (Lipinski definition) is 3. The van der Waals surface area contributed by atoms with Gasteiger partial charge in [-0.1, -0.05) is 11.6 Å². The zero-order chi connectivity index (χ0) is 12.7. The van der Waals surface area contributed by atoms with E-state index in [1.807, 2.05) is 12.1 Å². The highest BCUT2D eigenvalue weighted by Gasteiger charge is 2.18. The molecule has 2 N–H and O–H groups in total. The second kappa shape index (κ2) is 4.14. The number of amides is 1. The number of aromatic nitrogens is 1. The maximum absolute atomic E-state index is 11.1. The third-order valence-electron chi connectivity index (χ3n) is 3.23. The average Bonchev–Trinajstić information content (AvgIpc) is 2.27. The largest absolute Gasteiger partial charge is 0.370 e. The first-order valence-electron chi connectivity index (χ1n) is 5.79. The van der Waals surface area contributed by atoms with Crippen molar-refractivity contribution in [1.82, 2.24) is 4.98 Å². The second-order valence-corrected chi connectivity index (χ2v) is 4.83. The molecular weight excluding hydrogens is 250 g/mol. The van der Waals surface area contributed by atoms with Gasteiger partial charge in [-0.05, 0) is 24.6 Å². The van der Waals surface area contributed by atoms with E-state index >= 15 is 0 Å². The number of nitrogens with zero attached hydrogens (tertiary/aromatic N) is 2.